The van der Waals surface area contributed by atoms with Gasteiger partial charge < -0.3 is 11.5 Å². The molecule has 1 aromatic heterocycles. The maximum absolute atomic E-state index is 13.9. The van der Waals surface area contributed by atoms with Crippen LogP contribution in [0, 0.1) is 0 Å². The molecular formula is C19H20F2N4OS. The van der Waals surface area contributed by atoms with Gasteiger partial charge in [0.05, 0.1) is 5.00 Å². The number of nitrogen functional groups attached to an aromatic ring is 1. The Hall–Kier alpha value is -2.48. The SMILES string of the molecule is CN1C(=O)[C@@]2(Cc3ccc(C(C)(F)F)cc32)[C@@](C)(c2ccc(N)s2)N=C1N. The number of anilines is 1. The van der Waals surface area contributed by atoms with Crippen molar-refractivity contribution in [1.29, 1.82) is 0 Å². The van der Waals surface area contributed by atoms with Crippen LogP contribution in [0.5, 0.6) is 0 Å². The second kappa shape index (κ2) is 5.28. The van der Waals surface area contributed by atoms with Gasteiger partial charge in [0.2, 0.25) is 5.91 Å². The van der Waals surface area contributed by atoms with Gasteiger partial charge in [0.1, 0.15) is 11.0 Å². The molecule has 2 aromatic rings. The summed E-state index contributed by atoms with van der Waals surface area (Å²) in [5.74, 6) is -3.14. The van der Waals surface area contributed by atoms with E-state index >= 15 is 0 Å². The Morgan fingerprint density at radius 1 is 1.26 bits per heavy atom. The van der Waals surface area contributed by atoms with E-state index in [1.807, 2.05) is 13.0 Å². The minimum absolute atomic E-state index is 0.102. The number of benzene rings is 1. The Labute approximate surface area is 159 Å². The second-order valence-corrected chi connectivity index (χ2v) is 8.57. The molecule has 0 unspecified atom stereocenters. The highest BCUT2D eigenvalue weighted by Gasteiger charge is 2.65. The lowest BCUT2D eigenvalue weighted by atomic mass is 9.52. The number of thiophene rings is 1. The van der Waals surface area contributed by atoms with Crippen LogP contribution in [-0.4, -0.2) is 23.8 Å². The number of likely N-dealkylation sites (N-methyl/N-ethyl adjacent to an activating group) is 1. The van der Waals surface area contributed by atoms with E-state index in [1.54, 1.807) is 19.2 Å². The molecule has 1 amide bonds. The topological polar surface area (TPSA) is 84.7 Å². The number of amides is 1. The van der Waals surface area contributed by atoms with Gasteiger partial charge in [-0.3, -0.25) is 9.69 Å². The van der Waals surface area contributed by atoms with Crippen molar-refractivity contribution in [3.05, 3.63) is 51.9 Å². The number of halogens is 2. The summed E-state index contributed by atoms with van der Waals surface area (Å²) in [6.45, 7) is 2.68. The number of hydrogen-bond donors (Lipinski definition) is 2. The van der Waals surface area contributed by atoms with Crippen LogP contribution in [0.1, 0.15) is 35.4 Å². The summed E-state index contributed by atoms with van der Waals surface area (Å²) in [5, 5.41) is 0.593. The highest BCUT2D eigenvalue weighted by molar-refractivity contribution is 7.16. The van der Waals surface area contributed by atoms with E-state index in [0.717, 1.165) is 17.4 Å². The fourth-order valence-corrected chi connectivity index (χ4v) is 5.12. The molecule has 27 heavy (non-hydrogen) atoms. The Balaban J connectivity index is 1.99. The summed E-state index contributed by atoms with van der Waals surface area (Å²) >= 11 is 1.33. The van der Waals surface area contributed by atoms with Gasteiger partial charge in [0, 0.05) is 24.4 Å². The van der Waals surface area contributed by atoms with Crippen molar-refractivity contribution in [3.63, 3.8) is 0 Å². The fourth-order valence-electron chi connectivity index (χ4n) is 4.18. The van der Waals surface area contributed by atoms with E-state index in [9.17, 15) is 13.6 Å². The number of alkyl halides is 2. The minimum atomic E-state index is -3.00. The third-order valence-corrected chi connectivity index (χ3v) is 6.95. The predicted molar refractivity (Wildman–Crippen MR) is 102 cm³/mol. The highest BCUT2D eigenvalue weighted by Crippen LogP contribution is 2.58. The van der Waals surface area contributed by atoms with Crippen LogP contribution in [0.3, 0.4) is 0 Å². The largest absolute Gasteiger partial charge is 0.391 e. The molecule has 1 spiro atoms. The van der Waals surface area contributed by atoms with Gasteiger partial charge in [-0.25, -0.2) is 13.8 Å². The monoisotopic (exact) mass is 390 g/mol. The molecule has 0 radical (unpaired) electrons. The Morgan fingerprint density at radius 2 is 1.96 bits per heavy atom. The van der Waals surface area contributed by atoms with Gasteiger partial charge in [-0.05, 0) is 42.7 Å². The Bertz CT molecular complexity index is 996. The van der Waals surface area contributed by atoms with Gasteiger partial charge in [-0.1, -0.05) is 12.1 Å². The molecule has 4 N–H and O–H groups in total. The smallest absolute Gasteiger partial charge is 0.270 e. The molecule has 2 aliphatic rings. The van der Waals surface area contributed by atoms with Crippen LogP contribution in [0.4, 0.5) is 13.8 Å². The summed E-state index contributed by atoms with van der Waals surface area (Å²) in [7, 11) is 1.56. The lowest BCUT2D eigenvalue weighted by Crippen LogP contribution is -2.67. The lowest BCUT2D eigenvalue weighted by molar-refractivity contribution is -0.138. The lowest BCUT2D eigenvalue weighted by Gasteiger charge is -2.55. The van der Waals surface area contributed by atoms with Crippen LogP contribution in [0.15, 0.2) is 35.3 Å². The van der Waals surface area contributed by atoms with Gasteiger partial charge in [-0.2, -0.15) is 0 Å². The zero-order valence-corrected chi connectivity index (χ0v) is 16.0. The Morgan fingerprint density at radius 3 is 2.56 bits per heavy atom. The average molecular weight is 390 g/mol. The first-order valence-electron chi connectivity index (χ1n) is 8.52. The minimum Gasteiger partial charge on any atom is -0.391 e. The number of nitrogens with two attached hydrogens (primary N) is 2. The number of hydrogen-bond acceptors (Lipinski definition) is 5. The van der Waals surface area contributed by atoms with Crippen molar-refractivity contribution in [2.45, 2.75) is 37.1 Å². The van der Waals surface area contributed by atoms with Crippen molar-refractivity contribution >= 4 is 28.2 Å². The molecule has 2 heterocycles. The molecule has 4 rings (SSSR count). The zero-order chi connectivity index (χ0) is 19.8. The van der Waals surface area contributed by atoms with Crippen LogP contribution >= 0.6 is 11.3 Å². The van der Waals surface area contributed by atoms with Crippen molar-refractivity contribution in [1.82, 2.24) is 4.90 Å². The van der Waals surface area contributed by atoms with E-state index < -0.39 is 16.9 Å². The van der Waals surface area contributed by atoms with E-state index in [2.05, 4.69) is 4.99 Å². The first-order chi connectivity index (χ1) is 12.5. The average Bonchev–Trinajstić information content (AvgIpc) is 3.00. The number of rotatable bonds is 2. The number of guanidine groups is 1. The van der Waals surface area contributed by atoms with Crippen molar-refractivity contribution in [2.24, 2.45) is 10.7 Å². The molecule has 142 valence electrons. The molecule has 1 aromatic carbocycles. The van der Waals surface area contributed by atoms with Crippen LogP contribution in [-0.2, 0) is 28.1 Å². The number of fused-ring (bicyclic) bond motifs is 2. The highest BCUT2D eigenvalue weighted by atomic mass is 32.1. The molecule has 0 fully saturated rings. The first-order valence-corrected chi connectivity index (χ1v) is 9.33. The zero-order valence-electron chi connectivity index (χ0n) is 15.2. The standard InChI is InChI=1S/C19H20F2N4OS/c1-17(13-6-7-14(22)27-13)19(15(26)25(3)16(23)24-17)9-10-4-5-11(8-12(10)19)18(2,20)21/h4-8H,9,22H2,1-3H3,(H2,23,24)/t17-,19+/m1/s1. The van der Waals surface area contributed by atoms with Crippen LogP contribution in [0.25, 0.3) is 0 Å². The summed E-state index contributed by atoms with van der Waals surface area (Å²) in [6, 6.07) is 8.11. The van der Waals surface area contributed by atoms with Gasteiger partial charge >= 0.3 is 0 Å². The third-order valence-electron chi connectivity index (χ3n) is 5.82. The van der Waals surface area contributed by atoms with E-state index in [0.29, 0.717) is 17.0 Å². The molecule has 1 aliphatic heterocycles. The molecular weight excluding hydrogens is 370 g/mol. The molecule has 1 aliphatic carbocycles. The molecule has 8 heteroatoms. The summed E-state index contributed by atoms with van der Waals surface area (Å²) in [5.41, 5.74) is 11.2. The van der Waals surface area contributed by atoms with E-state index in [1.165, 1.54) is 28.4 Å². The number of carbonyl (C=O) groups excluding carboxylic acids is 1. The van der Waals surface area contributed by atoms with Gasteiger partial charge in [-0.15, -0.1) is 11.3 Å². The molecule has 0 saturated carbocycles. The summed E-state index contributed by atoms with van der Waals surface area (Å²) in [6.07, 6.45) is 0.409. The fraction of sp³-hybridized carbons (Fsp3) is 0.368. The van der Waals surface area contributed by atoms with Crippen LogP contribution < -0.4 is 11.5 Å². The molecule has 0 saturated heterocycles. The molecule has 0 bridgehead atoms. The third kappa shape index (κ3) is 2.19. The summed E-state index contributed by atoms with van der Waals surface area (Å²) in [4.78, 5) is 20.2. The van der Waals surface area contributed by atoms with Crippen molar-refractivity contribution < 1.29 is 13.6 Å². The quantitative estimate of drug-likeness (QED) is 0.827. The normalized spacial score (nSPS) is 27.4. The van der Waals surface area contributed by atoms with Gasteiger partial charge in [0.15, 0.2) is 5.96 Å². The first kappa shape index (κ1) is 17.9. The number of aliphatic imine (C=N–C) groups is 1. The number of nitrogens with zero attached hydrogens (tertiary/aromatic N) is 2. The maximum Gasteiger partial charge on any atom is 0.270 e. The molecule has 5 nitrogen and oxygen atoms in total. The second-order valence-electron chi connectivity index (χ2n) is 7.45. The van der Waals surface area contributed by atoms with Crippen molar-refractivity contribution in [2.75, 3.05) is 12.8 Å². The van der Waals surface area contributed by atoms with Crippen LogP contribution in [0.2, 0.25) is 0 Å². The summed E-state index contributed by atoms with van der Waals surface area (Å²) < 4.78 is 27.9. The van der Waals surface area contributed by atoms with E-state index in [4.69, 9.17) is 11.5 Å². The van der Waals surface area contributed by atoms with Gasteiger partial charge in [0.25, 0.3) is 5.92 Å². The molecule has 2 atom stereocenters. The van der Waals surface area contributed by atoms with Crippen molar-refractivity contribution in [3.8, 4) is 0 Å². The van der Waals surface area contributed by atoms with E-state index in [-0.39, 0.29) is 17.4 Å². The number of carbonyl (C=O) groups is 1. The predicted octanol–water partition coefficient (Wildman–Crippen LogP) is 2.94. The maximum atomic E-state index is 13.9. The Kier molecular flexibility index (Phi) is 3.50.